The van der Waals surface area contributed by atoms with Gasteiger partial charge >= 0.3 is 5.97 Å². The maximum Gasteiger partial charge on any atom is 0.329 e. The summed E-state index contributed by atoms with van der Waals surface area (Å²) in [6.45, 7) is 2.32. The maximum absolute atomic E-state index is 12.7. The van der Waals surface area contributed by atoms with Crippen molar-refractivity contribution in [2.75, 3.05) is 6.54 Å². The van der Waals surface area contributed by atoms with E-state index < -0.39 is 17.4 Å². The van der Waals surface area contributed by atoms with Gasteiger partial charge in [-0.1, -0.05) is 13.3 Å². The Balaban J connectivity index is 2.41. The van der Waals surface area contributed by atoms with Crippen molar-refractivity contribution in [1.29, 1.82) is 0 Å². The highest BCUT2D eigenvalue weighted by molar-refractivity contribution is 14.1. The second-order valence-corrected chi connectivity index (χ2v) is 6.55. The molecule has 1 aromatic rings. The van der Waals surface area contributed by atoms with Crippen LogP contribution in [-0.4, -0.2) is 39.1 Å². The number of phenolic OH excluding ortho intramolecular Hbond substituents is 1. The fraction of sp³-hybridized carbons (Fsp3) is 0.467. The Morgan fingerprint density at radius 1 is 1.43 bits per heavy atom. The van der Waals surface area contributed by atoms with Gasteiger partial charge in [-0.15, -0.1) is 0 Å². The predicted molar refractivity (Wildman–Crippen MR) is 86.4 cm³/mol. The highest BCUT2D eigenvalue weighted by Crippen LogP contribution is 2.36. The number of aromatic hydroxyl groups is 1. The molecule has 114 valence electrons. The summed E-state index contributed by atoms with van der Waals surface area (Å²) in [4.78, 5) is 25.9. The number of amides is 1. The van der Waals surface area contributed by atoms with Crippen LogP contribution in [0.4, 0.5) is 0 Å². The van der Waals surface area contributed by atoms with E-state index in [1.807, 2.05) is 6.92 Å². The molecule has 2 rings (SSSR count). The normalized spacial score (nSPS) is 21.5. The van der Waals surface area contributed by atoms with Crippen molar-refractivity contribution in [2.45, 2.75) is 38.1 Å². The van der Waals surface area contributed by atoms with Crippen LogP contribution in [0.15, 0.2) is 18.2 Å². The summed E-state index contributed by atoms with van der Waals surface area (Å²) < 4.78 is 0.823. The van der Waals surface area contributed by atoms with E-state index >= 15 is 0 Å². The third-order valence-corrected chi connectivity index (χ3v) is 4.66. The van der Waals surface area contributed by atoms with Gasteiger partial charge in [0.2, 0.25) is 0 Å². The van der Waals surface area contributed by atoms with Crippen LogP contribution in [0.5, 0.6) is 5.75 Å². The van der Waals surface area contributed by atoms with Crippen molar-refractivity contribution in [1.82, 2.24) is 4.90 Å². The van der Waals surface area contributed by atoms with Crippen LogP contribution in [0.1, 0.15) is 43.0 Å². The first-order valence-electron chi connectivity index (χ1n) is 6.96. The van der Waals surface area contributed by atoms with Gasteiger partial charge in [-0.05, 0) is 60.1 Å². The second kappa shape index (κ2) is 6.21. The molecule has 5 nitrogen and oxygen atoms in total. The quantitative estimate of drug-likeness (QED) is 0.759. The van der Waals surface area contributed by atoms with E-state index in [-0.39, 0.29) is 11.3 Å². The van der Waals surface area contributed by atoms with Gasteiger partial charge in [0.25, 0.3) is 5.91 Å². The van der Waals surface area contributed by atoms with Crippen molar-refractivity contribution in [3.05, 3.63) is 27.3 Å². The molecule has 1 aromatic carbocycles. The lowest BCUT2D eigenvalue weighted by atomic mass is 9.90. The Labute approximate surface area is 137 Å². The Hall–Kier alpha value is -1.31. The van der Waals surface area contributed by atoms with Gasteiger partial charge in [-0.3, -0.25) is 4.79 Å². The number of carboxylic acids is 1. The fourth-order valence-corrected chi connectivity index (χ4v) is 3.49. The van der Waals surface area contributed by atoms with Gasteiger partial charge in [-0.2, -0.15) is 0 Å². The molecule has 0 aliphatic carbocycles. The number of carboxylic acid groups (broad SMARTS) is 1. The minimum absolute atomic E-state index is 0.108. The van der Waals surface area contributed by atoms with Crippen LogP contribution in [0.2, 0.25) is 0 Å². The highest BCUT2D eigenvalue weighted by atomic mass is 127. The molecule has 1 amide bonds. The van der Waals surface area contributed by atoms with E-state index in [2.05, 4.69) is 22.6 Å². The van der Waals surface area contributed by atoms with Crippen LogP contribution >= 0.6 is 22.6 Å². The van der Waals surface area contributed by atoms with Crippen LogP contribution in [0.25, 0.3) is 0 Å². The number of hydrogen-bond acceptors (Lipinski definition) is 3. The summed E-state index contributed by atoms with van der Waals surface area (Å²) in [5.74, 6) is -1.47. The lowest BCUT2D eigenvalue weighted by molar-refractivity contribution is -0.148. The Morgan fingerprint density at radius 3 is 2.76 bits per heavy atom. The summed E-state index contributed by atoms with van der Waals surface area (Å²) >= 11 is 2.06. The number of benzene rings is 1. The lowest BCUT2D eigenvalue weighted by Crippen LogP contribution is -2.53. The van der Waals surface area contributed by atoms with E-state index in [0.717, 1.165) is 3.57 Å². The number of rotatable bonds is 4. The average Bonchev–Trinajstić information content (AvgIpc) is 2.86. The second-order valence-electron chi connectivity index (χ2n) is 5.31. The smallest absolute Gasteiger partial charge is 0.329 e. The summed E-state index contributed by atoms with van der Waals surface area (Å²) in [5.41, 5.74) is -0.968. The molecule has 1 aliphatic rings. The zero-order chi connectivity index (χ0) is 15.6. The summed E-state index contributed by atoms with van der Waals surface area (Å²) in [7, 11) is 0. The van der Waals surface area contributed by atoms with Crippen molar-refractivity contribution < 1.29 is 19.8 Å². The van der Waals surface area contributed by atoms with E-state index in [9.17, 15) is 19.8 Å². The summed E-state index contributed by atoms with van der Waals surface area (Å²) in [5, 5.41) is 19.5. The van der Waals surface area contributed by atoms with Gasteiger partial charge in [0, 0.05) is 10.1 Å². The monoisotopic (exact) mass is 403 g/mol. The van der Waals surface area contributed by atoms with Crippen molar-refractivity contribution in [2.24, 2.45) is 0 Å². The summed E-state index contributed by atoms with van der Waals surface area (Å²) in [6.07, 6.45) is 2.25. The molecule has 1 saturated heterocycles. The molecule has 1 aliphatic heterocycles. The van der Waals surface area contributed by atoms with Crippen molar-refractivity contribution in [3.8, 4) is 5.75 Å². The molecule has 0 bridgehead atoms. The molecule has 6 heteroatoms. The fourth-order valence-electron chi connectivity index (χ4n) is 3.00. The van der Waals surface area contributed by atoms with Crippen LogP contribution in [0, 0.1) is 3.57 Å². The predicted octanol–water partition coefficient (Wildman–Crippen LogP) is 2.86. The van der Waals surface area contributed by atoms with Crippen LogP contribution in [-0.2, 0) is 4.79 Å². The number of carbonyl (C=O) groups is 2. The van der Waals surface area contributed by atoms with Gasteiger partial charge in [-0.25, -0.2) is 4.79 Å². The lowest BCUT2D eigenvalue weighted by Gasteiger charge is -2.34. The standard InChI is InChI=1S/C15H18INO4/c1-2-6-15(14(20)21)7-3-8-17(15)13(19)11-9-10(16)4-5-12(11)18/h4-5,9,18H,2-3,6-8H2,1H3,(H,20,21). The third kappa shape index (κ3) is 2.86. The molecule has 21 heavy (non-hydrogen) atoms. The SMILES string of the molecule is CCCC1(C(=O)O)CCCN1C(=O)c1cc(I)ccc1O. The molecule has 1 atom stereocenters. The van der Waals surface area contributed by atoms with E-state index in [1.165, 1.54) is 11.0 Å². The minimum Gasteiger partial charge on any atom is -0.507 e. The Morgan fingerprint density at radius 2 is 2.14 bits per heavy atom. The highest BCUT2D eigenvalue weighted by Gasteiger charge is 2.49. The third-order valence-electron chi connectivity index (χ3n) is 3.98. The van der Waals surface area contributed by atoms with Gasteiger partial charge in [0.1, 0.15) is 11.3 Å². The number of hydrogen-bond donors (Lipinski definition) is 2. The number of halogens is 1. The maximum atomic E-state index is 12.7. The van der Waals surface area contributed by atoms with Gasteiger partial charge < -0.3 is 15.1 Å². The molecule has 0 radical (unpaired) electrons. The first-order valence-corrected chi connectivity index (χ1v) is 8.04. The van der Waals surface area contributed by atoms with Crippen LogP contribution < -0.4 is 0 Å². The first kappa shape index (κ1) is 16.1. The zero-order valence-corrected chi connectivity index (χ0v) is 14.0. The molecule has 1 heterocycles. The number of phenols is 1. The summed E-state index contributed by atoms with van der Waals surface area (Å²) in [6, 6.07) is 4.76. The van der Waals surface area contributed by atoms with Crippen molar-refractivity contribution >= 4 is 34.5 Å². The number of likely N-dealkylation sites (tertiary alicyclic amines) is 1. The minimum atomic E-state index is -1.14. The zero-order valence-electron chi connectivity index (χ0n) is 11.8. The van der Waals surface area contributed by atoms with Crippen molar-refractivity contribution in [3.63, 3.8) is 0 Å². The largest absolute Gasteiger partial charge is 0.507 e. The van der Waals surface area contributed by atoms with Gasteiger partial charge in [0.15, 0.2) is 0 Å². The number of nitrogens with zero attached hydrogens (tertiary/aromatic N) is 1. The number of aliphatic carboxylic acids is 1. The topological polar surface area (TPSA) is 77.8 Å². The molecule has 0 aromatic heterocycles. The molecule has 0 spiro atoms. The molecule has 2 N–H and O–H groups in total. The molecular weight excluding hydrogens is 385 g/mol. The van der Waals surface area contributed by atoms with Crippen LogP contribution in [0.3, 0.4) is 0 Å². The molecular formula is C15H18INO4. The van der Waals surface area contributed by atoms with E-state index in [4.69, 9.17) is 0 Å². The number of carbonyl (C=O) groups excluding carboxylic acids is 1. The Bertz CT molecular complexity index is 575. The average molecular weight is 403 g/mol. The first-order chi connectivity index (χ1) is 9.92. The van der Waals surface area contributed by atoms with E-state index in [1.54, 1.807) is 12.1 Å². The Kier molecular flexibility index (Phi) is 4.75. The van der Waals surface area contributed by atoms with Gasteiger partial charge in [0.05, 0.1) is 5.56 Å². The molecule has 1 unspecified atom stereocenters. The molecule has 0 saturated carbocycles. The molecule has 1 fully saturated rings. The van der Waals surface area contributed by atoms with E-state index in [0.29, 0.717) is 32.2 Å².